The molecule has 0 bridgehead atoms. The number of nitrogens with one attached hydrogen (secondary N) is 2. The van der Waals surface area contributed by atoms with Crippen LogP contribution in [0.1, 0.15) is 38.2 Å². The number of benzene rings is 2. The van der Waals surface area contributed by atoms with Crippen LogP contribution in [0.2, 0.25) is 0 Å². The number of nitrogens with zero attached hydrogens (tertiary/aromatic N) is 1. The smallest absolute Gasteiger partial charge is 0.269 e. The van der Waals surface area contributed by atoms with Crippen molar-refractivity contribution >= 4 is 17.3 Å². The predicted molar refractivity (Wildman–Crippen MR) is 106 cm³/mol. The Morgan fingerprint density at radius 3 is 2.33 bits per heavy atom. The Kier molecular flexibility index (Phi) is 5.86. The Balaban J connectivity index is 1.60. The third-order valence-corrected chi connectivity index (χ3v) is 5.43. The molecule has 2 aromatic rings. The number of non-ortho nitro benzene ring substituents is 1. The summed E-state index contributed by atoms with van der Waals surface area (Å²) in [6.07, 6.45) is 4.67. The average Bonchev–Trinajstić information content (AvgIpc) is 3.17. The highest BCUT2D eigenvalue weighted by Gasteiger charge is 2.35. The Bertz CT molecular complexity index is 784. The molecule has 27 heavy (non-hydrogen) atoms. The van der Waals surface area contributed by atoms with Gasteiger partial charge in [-0.3, -0.25) is 14.9 Å². The Hall–Kier alpha value is -2.73. The molecular formula is C21H25N3O3. The van der Waals surface area contributed by atoms with Crippen molar-refractivity contribution in [3.05, 3.63) is 70.3 Å². The predicted octanol–water partition coefficient (Wildman–Crippen LogP) is 4.02. The van der Waals surface area contributed by atoms with Gasteiger partial charge in [0.2, 0.25) is 5.91 Å². The lowest BCUT2D eigenvalue weighted by Crippen LogP contribution is -2.45. The summed E-state index contributed by atoms with van der Waals surface area (Å²) < 4.78 is 0. The van der Waals surface area contributed by atoms with Crippen LogP contribution in [0.5, 0.6) is 0 Å². The highest BCUT2D eigenvalue weighted by atomic mass is 16.6. The van der Waals surface area contributed by atoms with E-state index < -0.39 is 4.92 Å². The fraction of sp³-hybridized carbons (Fsp3) is 0.381. The lowest BCUT2D eigenvalue weighted by Gasteiger charge is -2.31. The van der Waals surface area contributed by atoms with Crippen LogP contribution in [0.15, 0.2) is 54.6 Å². The Labute approximate surface area is 159 Å². The molecule has 0 aliphatic heterocycles. The number of hydrogen-bond donors (Lipinski definition) is 2. The van der Waals surface area contributed by atoms with Crippen molar-refractivity contribution in [2.24, 2.45) is 0 Å². The molecule has 1 amide bonds. The highest BCUT2D eigenvalue weighted by Crippen LogP contribution is 2.40. The van der Waals surface area contributed by atoms with Gasteiger partial charge in [0.1, 0.15) is 0 Å². The summed E-state index contributed by atoms with van der Waals surface area (Å²) in [5.74, 6) is -0.148. The summed E-state index contributed by atoms with van der Waals surface area (Å²) >= 11 is 0. The van der Waals surface area contributed by atoms with Crippen LogP contribution in [0, 0.1) is 10.1 Å². The van der Waals surface area contributed by atoms with Crippen molar-refractivity contribution < 1.29 is 9.72 Å². The van der Waals surface area contributed by atoms with Crippen LogP contribution in [0.3, 0.4) is 0 Å². The summed E-state index contributed by atoms with van der Waals surface area (Å²) in [6.45, 7) is 2.60. The van der Waals surface area contributed by atoms with Crippen molar-refractivity contribution in [3.63, 3.8) is 0 Å². The van der Waals surface area contributed by atoms with Gasteiger partial charge in [-0.25, -0.2) is 0 Å². The molecule has 2 N–H and O–H groups in total. The number of nitro groups is 1. The first-order valence-electron chi connectivity index (χ1n) is 9.34. The number of anilines is 1. The maximum Gasteiger partial charge on any atom is 0.269 e. The van der Waals surface area contributed by atoms with Gasteiger partial charge in [-0.1, -0.05) is 43.2 Å². The van der Waals surface area contributed by atoms with Gasteiger partial charge in [0, 0.05) is 29.8 Å². The van der Waals surface area contributed by atoms with Crippen molar-refractivity contribution in [2.45, 2.75) is 44.1 Å². The van der Waals surface area contributed by atoms with Gasteiger partial charge in [-0.2, -0.15) is 0 Å². The minimum Gasteiger partial charge on any atom is -0.325 e. The molecule has 2 aromatic carbocycles. The standard InChI is InChI=1S/C21H25N3O3/c1-16(20(25)23-18-9-11-19(12-10-18)24(26)27)22-15-21(13-5-6-14-21)17-7-3-2-4-8-17/h2-4,7-12,16,22H,5-6,13-15H2,1H3,(H,23,25). The van der Waals surface area contributed by atoms with E-state index in [-0.39, 0.29) is 23.1 Å². The first-order valence-corrected chi connectivity index (χ1v) is 9.34. The molecule has 0 heterocycles. The van der Waals surface area contributed by atoms with Crippen LogP contribution in [-0.2, 0) is 10.2 Å². The van der Waals surface area contributed by atoms with E-state index in [1.165, 1.54) is 30.5 Å². The molecule has 0 radical (unpaired) electrons. The number of carbonyl (C=O) groups is 1. The second-order valence-corrected chi connectivity index (χ2v) is 7.25. The van der Waals surface area contributed by atoms with E-state index in [0.29, 0.717) is 5.69 Å². The number of carbonyl (C=O) groups excluding carboxylic acids is 1. The van der Waals surface area contributed by atoms with E-state index in [2.05, 4.69) is 34.9 Å². The van der Waals surface area contributed by atoms with Crippen molar-refractivity contribution in [1.82, 2.24) is 5.32 Å². The molecule has 6 heteroatoms. The van der Waals surface area contributed by atoms with Crippen molar-refractivity contribution in [3.8, 4) is 0 Å². The third-order valence-electron chi connectivity index (χ3n) is 5.43. The van der Waals surface area contributed by atoms with E-state index in [1.807, 2.05) is 13.0 Å². The molecule has 1 unspecified atom stereocenters. The molecule has 1 saturated carbocycles. The van der Waals surface area contributed by atoms with Gasteiger partial charge in [0.15, 0.2) is 0 Å². The lowest BCUT2D eigenvalue weighted by atomic mass is 9.78. The molecule has 1 aliphatic rings. The SMILES string of the molecule is CC(NCC1(c2ccccc2)CCCC1)C(=O)Nc1ccc([N+](=O)[O-])cc1. The average molecular weight is 367 g/mol. The van der Waals surface area contributed by atoms with E-state index in [0.717, 1.165) is 19.4 Å². The van der Waals surface area contributed by atoms with Crippen molar-refractivity contribution in [2.75, 3.05) is 11.9 Å². The van der Waals surface area contributed by atoms with Gasteiger partial charge >= 0.3 is 0 Å². The largest absolute Gasteiger partial charge is 0.325 e. The van der Waals surface area contributed by atoms with Crippen LogP contribution in [-0.4, -0.2) is 23.4 Å². The normalized spacial score (nSPS) is 16.6. The van der Waals surface area contributed by atoms with E-state index in [1.54, 1.807) is 12.1 Å². The minimum atomic E-state index is -0.458. The maximum absolute atomic E-state index is 12.5. The zero-order valence-corrected chi connectivity index (χ0v) is 15.5. The summed E-state index contributed by atoms with van der Waals surface area (Å²) in [5.41, 5.74) is 1.98. The quantitative estimate of drug-likeness (QED) is 0.572. The molecule has 0 spiro atoms. The van der Waals surface area contributed by atoms with Gasteiger partial charge in [0.05, 0.1) is 11.0 Å². The van der Waals surface area contributed by atoms with Crippen LogP contribution in [0.25, 0.3) is 0 Å². The summed E-state index contributed by atoms with van der Waals surface area (Å²) in [7, 11) is 0. The molecule has 6 nitrogen and oxygen atoms in total. The Morgan fingerprint density at radius 1 is 1.11 bits per heavy atom. The molecule has 1 fully saturated rings. The van der Waals surface area contributed by atoms with E-state index >= 15 is 0 Å². The fourth-order valence-electron chi connectivity index (χ4n) is 3.77. The fourth-order valence-corrected chi connectivity index (χ4v) is 3.77. The monoisotopic (exact) mass is 367 g/mol. The molecule has 1 aliphatic carbocycles. The molecule has 3 rings (SSSR count). The second-order valence-electron chi connectivity index (χ2n) is 7.25. The van der Waals surface area contributed by atoms with Gasteiger partial charge in [-0.05, 0) is 37.5 Å². The lowest BCUT2D eigenvalue weighted by molar-refractivity contribution is -0.384. The van der Waals surface area contributed by atoms with Gasteiger partial charge in [-0.15, -0.1) is 0 Å². The minimum absolute atomic E-state index is 0.00482. The van der Waals surface area contributed by atoms with E-state index in [9.17, 15) is 14.9 Å². The van der Waals surface area contributed by atoms with Gasteiger partial charge in [0.25, 0.3) is 5.69 Å². The number of hydrogen-bond acceptors (Lipinski definition) is 4. The van der Waals surface area contributed by atoms with Crippen molar-refractivity contribution in [1.29, 1.82) is 0 Å². The third kappa shape index (κ3) is 4.52. The zero-order valence-electron chi connectivity index (χ0n) is 15.5. The van der Waals surface area contributed by atoms with Gasteiger partial charge < -0.3 is 10.6 Å². The summed E-state index contributed by atoms with van der Waals surface area (Å²) in [6, 6.07) is 16.0. The molecule has 0 aromatic heterocycles. The topological polar surface area (TPSA) is 84.3 Å². The first-order chi connectivity index (χ1) is 13.0. The molecule has 0 saturated heterocycles. The van der Waals surface area contributed by atoms with E-state index in [4.69, 9.17) is 0 Å². The second kappa shape index (κ2) is 8.31. The van der Waals surface area contributed by atoms with Crippen LogP contribution in [0.4, 0.5) is 11.4 Å². The van der Waals surface area contributed by atoms with Crippen LogP contribution >= 0.6 is 0 Å². The number of nitro benzene ring substituents is 1. The Morgan fingerprint density at radius 2 is 1.74 bits per heavy atom. The summed E-state index contributed by atoms with van der Waals surface area (Å²) in [4.78, 5) is 22.7. The summed E-state index contributed by atoms with van der Waals surface area (Å²) in [5, 5.41) is 16.9. The zero-order chi connectivity index (χ0) is 19.3. The highest BCUT2D eigenvalue weighted by molar-refractivity contribution is 5.94. The molecule has 142 valence electrons. The molecule has 1 atom stereocenters. The molecular weight excluding hydrogens is 342 g/mol. The van der Waals surface area contributed by atoms with Crippen LogP contribution < -0.4 is 10.6 Å². The number of amides is 1. The first kappa shape index (κ1) is 19.0. The number of rotatable bonds is 7. The maximum atomic E-state index is 12.5.